The molecule has 0 saturated carbocycles. The molecule has 2 amide bonds. The van der Waals surface area contributed by atoms with Gasteiger partial charge in [0.25, 0.3) is 0 Å². The number of hydrogen-bond acceptors (Lipinski definition) is 8. The first-order chi connectivity index (χ1) is 20.0. The number of nitrogens with one attached hydrogen (secondary N) is 1. The van der Waals surface area contributed by atoms with Crippen molar-refractivity contribution < 1.29 is 37.1 Å². The Kier molecular flexibility index (Phi) is 7.40. The number of allylic oxidation sites excluding steroid dienone is 2. The number of carbonyl (C=O) groups is 4. The maximum Gasteiger partial charge on any atom is 0.317 e. The number of anilines is 1. The summed E-state index contributed by atoms with van der Waals surface area (Å²) in [5.41, 5.74) is 0.831. The molecule has 0 aliphatic heterocycles. The summed E-state index contributed by atoms with van der Waals surface area (Å²) in [5, 5.41) is 2.83. The van der Waals surface area contributed by atoms with Crippen molar-refractivity contribution in [2.75, 3.05) is 25.4 Å². The molecule has 0 spiro atoms. The molecule has 1 aromatic heterocycles. The van der Waals surface area contributed by atoms with Gasteiger partial charge in [0.05, 0.1) is 38.2 Å². The third kappa shape index (κ3) is 5.03. The summed E-state index contributed by atoms with van der Waals surface area (Å²) in [7, 11) is -0.958. The van der Waals surface area contributed by atoms with Gasteiger partial charge in [0.1, 0.15) is 17.2 Å². The molecule has 1 aliphatic carbocycles. The monoisotopic (exact) mass is 587 g/mol. The van der Waals surface area contributed by atoms with Crippen LogP contribution in [0.1, 0.15) is 26.3 Å². The van der Waals surface area contributed by atoms with Crippen LogP contribution >= 0.6 is 0 Å². The molecule has 214 valence electrons. The van der Waals surface area contributed by atoms with Crippen molar-refractivity contribution in [3.05, 3.63) is 101 Å². The summed E-state index contributed by atoms with van der Waals surface area (Å²) in [6.07, 6.45) is 3.41. The van der Waals surface area contributed by atoms with E-state index in [0.29, 0.717) is 16.5 Å². The fourth-order valence-corrected chi connectivity index (χ4v) is 5.68. The van der Waals surface area contributed by atoms with Crippen molar-refractivity contribution in [3.8, 4) is 11.5 Å². The van der Waals surface area contributed by atoms with E-state index in [9.17, 15) is 27.6 Å². The lowest BCUT2D eigenvalue weighted by Crippen LogP contribution is -2.44. The van der Waals surface area contributed by atoms with E-state index in [1.165, 1.54) is 32.5 Å². The number of para-hydroxylation sites is 2. The molecule has 0 radical (unpaired) electrons. The van der Waals surface area contributed by atoms with Gasteiger partial charge in [0.2, 0.25) is 15.8 Å². The molecule has 5 rings (SSSR count). The number of amides is 2. The Morgan fingerprint density at radius 3 is 2.14 bits per heavy atom. The highest BCUT2D eigenvalue weighted by atomic mass is 32.2. The van der Waals surface area contributed by atoms with Crippen molar-refractivity contribution >= 4 is 50.0 Å². The molecule has 12 heteroatoms. The summed E-state index contributed by atoms with van der Waals surface area (Å²) in [6.45, 7) is -0.277. The first kappa shape index (κ1) is 28.3. The zero-order chi connectivity index (χ0) is 30.2. The van der Waals surface area contributed by atoms with Crippen LogP contribution in [0.4, 0.5) is 5.69 Å². The molecule has 1 aliphatic rings. The maximum atomic E-state index is 13.9. The first-order valence-corrected chi connectivity index (χ1v) is 14.4. The minimum atomic E-state index is -3.72. The van der Waals surface area contributed by atoms with E-state index in [-0.39, 0.29) is 40.6 Å². The van der Waals surface area contributed by atoms with Gasteiger partial charge in [-0.15, -0.1) is 0 Å². The Labute approximate surface area is 241 Å². The molecular formula is C30H25N3O8S. The number of Topliss-reactive ketones (excluding diaryl/α,β-unsaturated/α-hetero) is 1. The van der Waals surface area contributed by atoms with Crippen LogP contribution in [0.25, 0.3) is 10.9 Å². The van der Waals surface area contributed by atoms with Crippen LogP contribution in [-0.2, 0) is 26.2 Å². The molecule has 11 nitrogen and oxygen atoms in total. The van der Waals surface area contributed by atoms with Gasteiger partial charge in [-0.05, 0) is 23.8 Å². The van der Waals surface area contributed by atoms with Crippen molar-refractivity contribution in [1.29, 1.82) is 0 Å². The molecule has 1 heterocycles. The molecule has 0 atom stereocenters. The van der Waals surface area contributed by atoms with Gasteiger partial charge in [-0.25, -0.2) is 12.4 Å². The SMILES string of the molecule is COc1cccc(OC)c1N(Cc1cn(S(C)(=O)=O)c2ccccc12)C(=O)C(=O)NC1=CC(=O)c2ccccc2C1=O. The van der Waals surface area contributed by atoms with Crippen LogP contribution < -0.4 is 19.7 Å². The number of fused-ring (bicyclic) bond motifs is 2. The molecule has 0 unspecified atom stereocenters. The van der Waals surface area contributed by atoms with Crippen molar-refractivity contribution in [3.63, 3.8) is 0 Å². The highest BCUT2D eigenvalue weighted by Crippen LogP contribution is 2.39. The highest BCUT2D eigenvalue weighted by Gasteiger charge is 2.33. The summed E-state index contributed by atoms with van der Waals surface area (Å²) < 4.78 is 37.1. The average molecular weight is 588 g/mol. The number of carbonyl (C=O) groups excluding carboxylic acids is 4. The number of aromatic nitrogens is 1. The van der Waals surface area contributed by atoms with Crippen molar-refractivity contribution in [2.45, 2.75) is 6.54 Å². The van der Waals surface area contributed by atoms with Crippen LogP contribution in [0.2, 0.25) is 0 Å². The smallest absolute Gasteiger partial charge is 0.317 e. The predicted molar refractivity (Wildman–Crippen MR) is 154 cm³/mol. The number of benzene rings is 3. The zero-order valence-corrected chi connectivity index (χ0v) is 23.6. The van der Waals surface area contributed by atoms with Crippen LogP contribution in [0, 0.1) is 0 Å². The minimum Gasteiger partial charge on any atom is -0.494 e. The summed E-state index contributed by atoms with van der Waals surface area (Å²) in [6, 6.07) is 17.6. The standard InChI is InChI=1S/C30H25N3O8S/c1-40-25-13-8-14-26(41-2)27(25)32(16-18-17-33(42(3,38)39)23-12-7-6-9-19(18)23)30(37)29(36)31-22-15-24(34)20-10-4-5-11-21(20)28(22)35/h4-15,17H,16H2,1-3H3,(H,31,36). The number of methoxy groups -OCH3 is 2. The fraction of sp³-hybridized carbons (Fsp3) is 0.133. The lowest BCUT2D eigenvalue weighted by Gasteiger charge is -2.26. The van der Waals surface area contributed by atoms with Crippen LogP contribution in [-0.4, -0.2) is 56.2 Å². The van der Waals surface area contributed by atoms with E-state index in [4.69, 9.17) is 9.47 Å². The third-order valence-electron chi connectivity index (χ3n) is 6.76. The number of ketones is 2. The Morgan fingerprint density at radius 2 is 1.50 bits per heavy atom. The van der Waals surface area contributed by atoms with Crippen molar-refractivity contribution in [2.24, 2.45) is 0 Å². The zero-order valence-electron chi connectivity index (χ0n) is 22.8. The second-order valence-electron chi connectivity index (χ2n) is 9.38. The molecule has 1 N–H and O–H groups in total. The number of ether oxygens (including phenoxy) is 2. The van der Waals surface area contributed by atoms with E-state index < -0.39 is 33.4 Å². The Balaban J connectivity index is 1.58. The Bertz CT molecular complexity index is 1900. The lowest BCUT2D eigenvalue weighted by atomic mass is 9.93. The Morgan fingerprint density at radius 1 is 0.881 bits per heavy atom. The molecule has 3 aromatic carbocycles. The van der Waals surface area contributed by atoms with Gasteiger partial charge in [-0.3, -0.25) is 24.1 Å². The van der Waals surface area contributed by atoms with E-state index in [1.54, 1.807) is 54.6 Å². The second kappa shape index (κ2) is 11.0. The molecular weight excluding hydrogens is 562 g/mol. The molecule has 0 bridgehead atoms. The van der Waals surface area contributed by atoms with Crippen LogP contribution in [0.5, 0.6) is 11.5 Å². The largest absolute Gasteiger partial charge is 0.494 e. The average Bonchev–Trinajstić information content (AvgIpc) is 3.37. The quantitative estimate of drug-likeness (QED) is 0.325. The predicted octanol–water partition coefficient (Wildman–Crippen LogP) is 3.08. The van der Waals surface area contributed by atoms with Gasteiger partial charge in [-0.2, -0.15) is 0 Å². The molecule has 42 heavy (non-hydrogen) atoms. The normalized spacial score (nSPS) is 12.9. The van der Waals surface area contributed by atoms with Gasteiger partial charge >= 0.3 is 11.8 Å². The second-order valence-corrected chi connectivity index (χ2v) is 11.2. The molecule has 0 fully saturated rings. The van der Waals surface area contributed by atoms with Crippen molar-refractivity contribution in [1.82, 2.24) is 9.29 Å². The summed E-state index contributed by atoms with van der Waals surface area (Å²) >= 11 is 0. The van der Waals surface area contributed by atoms with Crippen LogP contribution in [0.3, 0.4) is 0 Å². The van der Waals surface area contributed by atoms with E-state index >= 15 is 0 Å². The third-order valence-corrected chi connectivity index (χ3v) is 7.78. The Hall–Kier alpha value is -5.23. The molecule has 0 saturated heterocycles. The highest BCUT2D eigenvalue weighted by molar-refractivity contribution is 7.89. The lowest BCUT2D eigenvalue weighted by molar-refractivity contribution is -0.137. The number of hydrogen-bond donors (Lipinski definition) is 1. The van der Waals surface area contributed by atoms with Gasteiger partial charge in [0, 0.05) is 28.8 Å². The van der Waals surface area contributed by atoms with Crippen LogP contribution in [0.15, 0.2) is 84.7 Å². The summed E-state index contributed by atoms with van der Waals surface area (Å²) in [4.78, 5) is 54.0. The first-order valence-electron chi connectivity index (χ1n) is 12.6. The maximum absolute atomic E-state index is 13.9. The molecule has 4 aromatic rings. The summed E-state index contributed by atoms with van der Waals surface area (Å²) in [5.74, 6) is -3.05. The minimum absolute atomic E-state index is 0.101. The van der Waals surface area contributed by atoms with Gasteiger partial charge in [-0.1, -0.05) is 48.5 Å². The van der Waals surface area contributed by atoms with Gasteiger partial charge in [0.15, 0.2) is 5.78 Å². The van der Waals surface area contributed by atoms with Gasteiger partial charge < -0.3 is 14.8 Å². The van der Waals surface area contributed by atoms with E-state index in [0.717, 1.165) is 21.2 Å². The number of nitrogens with zero attached hydrogens (tertiary/aromatic N) is 2. The fourth-order valence-electron chi connectivity index (χ4n) is 4.85. The van der Waals surface area contributed by atoms with E-state index in [2.05, 4.69) is 5.32 Å². The van der Waals surface area contributed by atoms with E-state index in [1.807, 2.05) is 0 Å². The topological polar surface area (TPSA) is 141 Å². The number of rotatable bonds is 7.